The van der Waals surface area contributed by atoms with Crippen LogP contribution >= 0.6 is 38.5 Å². The van der Waals surface area contributed by atoms with Crippen LogP contribution in [0.25, 0.3) is 0 Å². The van der Waals surface area contributed by atoms with Crippen LogP contribution in [0.5, 0.6) is 5.75 Å². The molecule has 0 aliphatic carbocycles. The number of hydrogen-bond donors (Lipinski definition) is 0. The lowest BCUT2D eigenvalue weighted by Gasteiger charge is -2.13. The van der Waals surface area contributed by atoms with E-state index in [1.54, 1.807) is 0 Å². The van der Waals surface area contributed by atoms with E-state index in [9.17, 15) is 0 Å². The van der Waals surface area contributed by atoms with Gasteiger partial charge in [-0.1, -0.05) is 0 Å². The summed E-state index contributed by atoms with van der Waals surface area (Å²) in [7, 11) is 0. The third-order valence-corrected chi connectivity index (χ3v) is 2.89. The van der Waals surface area contributed by atoms with E-state index in [-0.39, 0.29) is 6.10 Å². The van der Waals surface area contributed by atoms with Gasteiger partial charge in [0.15, 0.2) is 0 Å². The van der Waals surface area contributed by atoms with Gasteiger partial charge in [-0.2, -0.15) is 0 Å². The summed E-state index contributed by atoms with van der Waals surface area (Å²) < 4.78 is 7.86. The van der Waals surface area contributed by atoms with Crippen molar-refractivity contribution in [2.75, 3.05) is 0 Å². The molecule has 0 radical (unpaired) electrons. The van der Waals surface area contributed by atoms with Crippen molar-refractivity contribution in [3.63, 3.8) is 0 Å². The van der Waals surface area contributed by atoms with Gasteiger partial charge in [-0.25, -0.2) is 0 Å². The zero-order valence-corrected chi connectivity index (χ0v) is 11.6. The molecular formula is C10H12BrIO. The first-order valence-corrected chi connectivity index (χ1v) is 6.00. The molecule has 1 nitrogen and oxygen atoms in total. The normalized spacial score (nSPS) is 10.6. The highest BCUT2D eigenvalue weighted by atomic mass is 127. The summed E-state index contributed by atoms with van der Waals surface area (Å²) in [5.41, 5.74) is 1.24. The highest BCUT2D eigenvalue weighted by molar-refractivity contribution is 14.1. The van der Waals surface area contributed by atoms with Gasteiger partial charge in [-0.05, 0) is 77.0 Å². The van der Waals surface area contributed by atoms with E-state index in [1.807, 2.05) is 13.8 Å². The van der Waals surface area contributed by atoms with E-state index in [2.05, 4.69) is 57.6 Å². The molecule has 1 rings (SSSR count). The second-order valence-corrected chi connectivity index (χ2v) is 5.24. The largest absolute Gasteiger partial charge is 0.489 e. The van der Waals surface area contributed by atoms with Crippen molar-refractivity contribution in [1.29, 1.82) is 0 Å². The SMILES string of the molecule is Cc1cc(Br)c(OC(C)C)c(I)c1. The zero-order valence-electron chi connectivity index (χ0n) is 7.90. The minimum Gasteiger partial charge on any atom is -0.489 e. The van der Waals surface area contributed by atoms with Crippen molar-refractivity contribution < 1.29 is 4.74 Å². The average Bonchev–Trinajstić information content (AvgIpc) is 1.96. The molecule has 0 bridgehead atoms. The molecule has 0 saturated heterocycles. The first-order chi connectivity index (χ1) is 6.00. The van der Waals surface area contributed by atoms with Crippen molar-refractivity contribution in [3.8, 4) is 5.75 Å². The molecule has 72 valence electrons. The fourth-order valence-electron chi connectivity index (χ4n) is 1.03. The number of benzene rings is 1. The Morgan fingerprint density at radius 3 is 2.46 bits per heavy atom. The van der Waals surface area contributed by atoms with Gasteiger partial charge in [0.25, 0.3) is 0 Å². The van der Waals surface area contributed by atoms with Crippen molar-refractivity contribution in [2.24, 2.45) is 0 Å². The van der Waals surface area contributed by atoms with E-state index in [4.69, 9.17) is 4.74 Å². The minimum absolute atomic E-state index is 0.215. The Hall–Kier alpha value is 0.230. The maximum absolute atomic E-state index is 5.68. The molecule has 3 heteroatoms. The van der Waals surface area contributed by atoms with Crippen LogP contribution in [0.3, 0.4) is 0 Å². The number of ether oxygens (including phenoxy) is 1. The van der Waals surface area contributed by atoms with Gasteiger partial charge in [-0.3, -0.25) is 0 Å². The van der Waals surface area contributed by atoms with E-state index in [0.29, 0.717) is 0 Å². The Kier molecular flexibility index (Phi) is 4.04. The van der Waals surface area contributed by atoms with Gasteiger partial charge >= 0.3 is 0 Å². The summed E-state index contributed by atoms with van der Waals surface area (Å²) in [5.74, 6) is 0.946. The van der Waals surface area contributed by atoms with Crippen LogP contribution in [0, 0.1) is 10.5 Å². The minimum atomic E-state index is 0.215. The first-order valence-electron chi connectivity index (χ1n) is 4.13. The van der Waals surface area contributed by atoms with E-state index in [0.717, 1.165) is 13.8 Å². The van der Waals surface area contributed by atoms with Gasteiger partial charge in [0.2, 0.25) is 0 Å². The van der Waals surface area contributed by atoms with Crippen LogP contribution in [0.1, 0.15) is 19.4 Å². The number of aryl methyl sites for hydroxylation is 1. The van der Waals surface area contributed by atoms with Crippen LogP contribution < -0.4 is 4.74 Å². The highest BCUT2D eigenvalue weighted by Crippen LogP contribution is 2.32. The molecule has 0 N–H and O–H groups in total. The lowest BCUT2D eigenvalue weighted by atomic mass is 10.2. The Bertz CT molecular complexity index is 287. The summed E-state index contributed by atoms with van der Waals surface area (Å²) in [6.07, 6.45) is 0.215. The fraction of sp³-hybridized carbons (Fsp3) is 0.400. The second kappa shape index (κ2) is 4.64. The molecule has 0 spiro atoms. The molecule has 0 saturated carbocycles. The standard InChI is InChI=1S/C10H12BrIO/c1-6(2)13-10-8(11)4-7(3)5-9(10)12/h4-6H,1-3H3. The van der Waals surface area contributed by atoms with Crippen LogP contribution in [0.4, 0.5) is 0 Å². The fourth-order valence-corrected chi connectivity index (χ4v) is 2.98. The van der Waals surface area contributed by atoms with Gasteiger partial charge in [0.05, 0.1) is 14.1 Å². The van der Waals surface area contributed by atoms with E-state index in [1.165, 1.54) is 5.56 Å². The molecule has 0 fully saturated rings. The lowest BCUT2D eigenvalue weighted by Crippen LogP contribution is -2.07. The molecule has 1 aromatic rings. The van der Waals surface area contributed by atoms with Crippen molar-refractivity contribution in [2.45, 2.75) is 26.9 Å². The van der Waals surface area contributed by atoms with Gasteiger partial charge in [-0.15, -0.1) is 0 Å². The lowest BCUT2D eigenvalue weighted by molar-refractivity contribution is 0.239. The molecule has 0 atom stereocenters. The second-order valence-electron chi connectivity index (χ2n) is 3.22. The van der Waals surface area contributed by atoms with Gasteiger partial charge in [0.1, 0.15) is 5.75 Å². The van der Waals surface area contributed by atoms with E-state index < -0.39 is 0 Å². The van der Waals surface area contributed by atoms with Gasteiger partial charge in [0, 0.05) is 0 Å². The maximum Gasteiger partial charge on any atom is 0.147 e. The van der Waals surface area contributed by atoms with Gasteiger partial charge < -0.3 is 4.74 Å². The number of rotatable bonds is 2. The Morgan fingerprint density at radius 2 is 2.00 bits per heavy atom. The molecule has 0 aliphatic rings. The molecule has 0 aromatic heterocycles. The Labute approximate surface area is 101 Å². The molecule has 0 amide bonds. The first kappa shape index (κ1) is 11.3. The number of halogens is 2. The molecular weight excluding hydrogens is 343 g/mol. The molecule has 0 aliphatic heterocycles. The van der Waals surface area contributed by atoms with Crippen LogP contribution in [0.15, 0.2) is 16.6 Å². The number of hydrogen-bond acceptors (Lipinski definition) is 1. The van der Waals surface area contributed by atoms with Crippen LogP contribution in [0.2, 0.25) is 0 Å². The van der Waals surface area contributed by atoms with Crippen LogP contribution in [-0.2, 0) is 0 Å². The summed E-state index contributed by atoms with van der Waals surface area (Å²) in [6.45, 7) is 6.14. The van der Waals surface area contributed by atoms with Crippen molar-refractivity contribution in [3.05, 3.63) is 25.7 Å². The quantitative estimate of drug-likeness (QED) is 0.725. The third kappa shape index (κ3) is 3.13. The summed E-state index contributed by atoms with van der Waals surface area (Å²) >= 11 is 5.79. The summed E-state index contributed by atoms with van der Waals surface area (Å²) in [6, 6.07) is 4.18. The highest BCUT2D eigenvalue weighted by Gasteiger charge is 2.08. The predicted octanol–water partition coefficient (Wildman–Crippen LogP) is 4.15. The van der Waals surface area contributed by atoms with Crippen LogP contribution in [-0.4, -0.2) is 6.10 Å². The van der Waals surface area contributed by atoms with Crippen molar-refractivity contribution in [1.82, 2.24) is 0 Å². The molecule has 0 unspecified atom stereocenters. The smallest absolute Gasteiger partial charge is 0.147 e. The zero-order chi connectivity index (χ0) is 10.0. The summed E-state index contributed by atoms with van der Waals surface area (Å²) in [4.78, 5) is 0. The summed E-state index contributed by atoms with van der Waals surface area (Å²) in [5, 5.41) is 0. The topological polar surface area (TPSA) is 9.23 Å². The Morgan fingerprint density at radius 1 is 1.38 bits per heavy atom. The maximum atomic E-state index is 5.68. The Balaban J connectivity index is 3.06. The third-order valence-electron chi connectivity index (χ3n) is 1.50. The molecule has 1 aromatic carbocycles. The monoisotopic (exact) mass is 354 g/mol. The average molecular weight is 355 g/mol. The van der Waals surface area contributed by atoms with Crippen molar-refractivity contribution >= 4 is 38.5 Å². The molecule has 0 heterocycles. The van der Waals surface area contributed by atoms with E-state index >= 15 is 0 Å². The molecule has 13 heavy (non-hydrogen) atoms. The predicted molar refractivity (Wildman–Crippen MR) is 67.4 cm³/mol.